The van der Waals surface area contributed by atoms with Gasteiger partial charge in [-0.05, 0) is 99.7 Å². The number of nitrogens with two attached hydrogens (primary N) is 1. The molecule has 0 heterocycles. The number of carbonyl (C=O) groups is 4. The van der Waals surface area contributed by atoms with Gasteiger partial charge in [-0.3, -0.25) is 10.1 Å². The minimum Gasteiger partial charge on any atom is -0.479 e. The number of hydrogen-bond donors (Lipinski definition) is 4. The number of sulfone groups is 1. The van der Waals surface area contributed by atoms with Crippen LogP contribution in [0.5, 0.6) is 0 Å². The smallest absolute Gasteiger partial charge is 0.411 e. The number of benzene rings is 3. The third-order valence-electron chi connectivity index (χ3n) is 7.69. The second-order valence-corrected chi connectivity index (χ2v) is 15.6. The second kappa shape index (κ2) is 16.7. The molecule has 0 aliphatic heterocycles. The van der Waals surface area contributed by atoms with E-state index >= 15 is 0 Å². The first-order valence-corrected chi connectivity index (χ1v) is 17.7. The highest BCUT2D eigenvalue weighted by atomic mass is 32.2. The highest BCUT2D eigenvalue weighted by molar-refractivity contribution is 7.92. The van der Waals surface area contributed by atoms with E-state index in [9.17, 15) is 37.1 Å². The Morgan fingerprint density at radius 1 is 0.980 bits per heavy atom. The Morgan fingerprint density at radius 2 is 1.67 bits per heavy atom. The summed E-state index contributed by atoms with van der Waals surface area (Å²) in [6.45, 7) is 9.97. The van der Waals surface area contributed by atoms with Crippen molar-refractivity contribution < 1.29 is 46.6 Å². The maximum Gasteiger partial charge on any atom is 0.411 e. The molecule has 276 valence electrons. The second-order valence-electron chi connectivity index (χ2n) is 13.1. The van der Waals surface area contributed by atoms with E-state index in [1.165, 1.54) is 36.2 Å². The van der Waals surface area contributed by atoms with Crippen molar-refractivity contribution in [1.29, 1.82) is 0 Å². The number of nitrogens with zero attached hydrogens (tertiary/aromatic N) is 1. The van der Waals surface area contributed by atoms with Gasteiger partial charge in [0.05, 0.1) is 29.0 Å². The lowest BCUT2D eigenvalue weighted by atomic mass is 9.96. The number of hydrogen-bond acceptors (Lipinski definition) is 9. The molecule has 0 aliphatic rings. The first kappa shape index (κ1) is 40.3. The van der Waals surface area contributed by atoms with Gasteiger partial charge in [0.2, 0.25) is 5.91 Å². The minimum atomic E-state index is -3.74. The van der Waals surface area contributed by atoms with E-state index in [-0.39, 0.29) is 47.0 Å². The number of carboxylic acid groups (broad SMARTS) is 1. The molecule has 0 aromatic heterocycles. The number of carbonyl (C=O) groups excluding carboxylic acids is 3. The Morgan fingerprint density at radius 3 is 2.25 bits per heavy atom. The molecule has 0 saturated carbocycles. The Balaban J connectivity index is 1.73. The lowest BCUT2D eigenvalue weighted by molar-refractivity contribution is -0.138. The van der Waals surface area contributed by atoms with Gasteiger partial charge < -0.3 is 30.5 Å². The Bertz CT molecular complexity index is 1890. The zero-order valence-corrected chi connectivity index (χ0v) is 30.5. The molecule has 0 saturated heterocycles. The van der Waals surface area contributed by atoms with Crippen LogP contribution < -0.4 is 16.4 Å². The van der Waals surface area contributed by atoms with Gasteiger partial charge in [0.15, 0.2) is 15.9 Å². The van der Waals surface area contributed by atoms with Crippen molar-refractivity contribution in [1.82, 2.24) is 4.90 Å². The summed E-state index contributed by atoms with van der Waals surface area (Å²) in [6.07, 6.45) is -0.647. The molecule has 3 aromatic carbocycles. The molecule has 3 amide bonds. The van der Waals surface area contributed by atoms with E-state index in [1.807, 2.05) is 6.92 Å². The number of aryl methyl sites for hydroxylation is 1. The maximum atomic E-state index is 14.5. The monoisotopic (exact) mass is 728 g/mol. The lowest BCUT2D eigenvalue weighted by Crippen LogP contribution is -2.34. The number of halogens is 1. The van der Waals surface area contributed by atoms with Gasteiger partial charge in [-0.1, -0.05) is 25.1 Å². The third kappa shape index (κ3) is 10.9. The molecule has 3 aromatic rings. The fraction of sp³-hybridized carbons (Fsp3) is 0.389. The average molecular weight is 729 g/mol. The van der Waals surface area contributed by atoms with Crippen molar-refractivity contribution in [2.75, 3.05) is 24.3 Å². The van der Waals surface area contributed by atoms with Crippen molar-refractivity contribution in [3.05, 3.63) is 88.2 Å². The summed E-state index contributed by atoms with van der Waals surface area (Å²) in [5.74, 6) is -2.82. The third-order valence-corrected chi connectivity index (χ3v) is 9.95. The summed E-state index contributed by atoms with van der Waals surface area (Å²) in [6, 6.07) is 11.2. The number of nitrogens with one attached hydrogen (secondary N) is 2. The van der Waals surface area contributed by atoms with Gasteiger partial charge in [0.25, 0.3) is 0 Å². The zero-order valence-electron chi connectivity index (χ0n) is 29.7. The summed E-state index contributed by atoms with van der Waals surface area (Å²) < 4.78 is 51.5. The SMILES string of the molecule is CCc1cc(C(Nc2cc(C(N)=O)ccc2F)C(=O)O)ccc1CCOC(=O)Nc1ccc(S(=O)(=O)C(C)C)c(CN(C)C(=O)OC(C)(C)C)c1. The van der Waals surface area contributed by atoms with Crippen LogP contribution in [0.25, 0.3) is 0 Å². The number of primary amides is 1. The van der Waals surface area contributed by atoms with E-state index in [0.29, 0.717) is 12.0 Å². The first-order valence-electron chi connectivity index (χ1n) is 16.2. The molecular weight excluding hydrogens is 683 g/mol. The van der Waals surface area contributed by atoms with Crippen LogP contribution in [0, 0.1) is 5.82 Å². The number of aliphatic carboxylic acids is 1. The summed E-state index contributed by atoms with van der Waals surface area (Å²) >= 11 is 0. The van der Waals surface area contributed by atoms with E-state index < -0.39 is 56.6 Å². The molecule has 0 aliphatic carbocycles. The van der Waals surface area contributed by atoms with Gasteiger partial charge in [-0.2, -0.15) is 0 Å². The van der Waals surface area contributed by atoms with Gasteiger partial charge in [-0.15, -0.1) is 0 Å². The summed E-state index contributed by atoms with van der Waals surface area (Å²) in [5, 5.41) is 14.4. The van der Waals surface area contributed by atoms with E-state index in [4.69, 9.17) is 15.2 Å². The van der Waals surface area contributed by atoms with Crippen molar-refractivity contribution in [2.45, 2.75) is 82.7 Å². The molecule has 0 bridgehead atoms. The van der Waals surface area contributed by atoms with Crippen LogP contribution in [0.4, 0.5) is 25.4 Å². The average Bonchev–Trinajstić information content (AvgIpc) is 3.03. The van der Waals surface area contributed by atoms with E-state index in [2.05, 4.69) is 10.6 Å². The summed E-state index contributed by atoms with van der Waals surface area (Å²) in [7, 11) is -2.26. The standard InChI is InChI=1S/C36H45FN4O9S/c1-8-22-17-24(31(33(43)44)40-29-19-25(32(38)42)11-13-28(29)37)10-9-23(22)15-16-49-34(45)39-27-12-14-30(51(47,48)21(2)3)26(18-27)20-41(7)35(46)50-36(4,5)6/h9-14,17-19,21,31,40H,8,15-16,20H2,1-7H3,(H2,38,42)(H,39,45)(H,43,44). The molecule has 15 heteroatoms. The largest absolute Gasteiger partial charge is 0.479 e. The van der Waals surface area contributed by atoms with Gasteiger partial charge in [0.1, 0.15) is 11.4 Å². The van der Waals surface area contributed by atoms with Crippen LogP contribution in [0.3, 0.4) is 0 Å². The van der Waals surface area contributed by atoms with Gasteiger partial charge in [0, 0.05) is 24.7 Å². The quantitative estimate of drug-likeness (QED) is 0.151. The zero-order chi connectivity index (χ0) is 38.3. The van der Waals surface area contributed by atoms with Crippen LogP contribution in [-0.4, -0.2) is 67.0 Å². The van der Waals surface area contributed by atoms with Crippen LogP contribution in [0.1, 0.15) is 80.2 Å². The molecule has 5 N–H and O–H groups in total. The predicted molar refractivity (Wildman–Crippen MR) is 190 cm³/mol. The van der Waals surface area contributed by atoms with Crippen LogP contribution >= 0.6 is 0 Å². The maximum absolute atomic E-state index is 14.5. The molecule has 1 atom stereocenters. The highest BCUT2D eigenvalue weighted by Crippen LogP contribution is 2.28. The van der Waals surface area contributed by atoms with Crippen LogP contribution in [0.2, 0.25) is 0 Å². The molecule has 51 heavy (non-hydrogen) atoms. The highest BCUT2D eigenvalue weighted by Gasteiger charge is 2.27. The van der Waals surface area contributed by atoms with Gasteiger partial charge >= 0.3 is 18.2 Å². The topological polar surface area (TPSA) is 194 Å². The molecule has 3 rings (SSSR count). The van der Waals surface area contributed by atoms with Crippen LogP contribution in [-0.2, 0) is 43.5 Å². The number of anilines is 2. The molecule has 0 radical (unpaired) electrons. The normalized spacial score (nSPS) is 12.2. The molecule has 1 unspecified atom stereocenters. The Hall–Kier alpha value is -5.18. The fourth-order valence-electron chi connectivity index (χ4n) is 5.01. The van der Waals surface area contributed by atoms with E-state index in [0.717, 1.165) is 23.3 Å². The van der Waals surface area contributed by atoms with Crippen molar-refractivity contribution in [3.8, 4) is 0 Å². The predicted octanol–water partition coefficient (Wildman–Crippen LogP) is 6.07. The van der Waals surface area contributed by atoms with Gasteiger partial charge in [-0.25, -0.2) is 27.2 Å². The fourth-order valence-corrected chi connectivity index (χ4v) is 6.27. The minimum absolute atomic E-state index is 0.0130. The molecule has 0 spiro atoms. The van der Waals surface area contributed by atoms with E-state index in [1.54, 1.807) is 52.8 Å². The van der Waals surface area contributed by atoms with Crippen LogP contribution in [0.15, 0.2) is 59.5 Å². The molecular formula is C36H45FN4O9S. The Kier molecular flexibility index (Phi) is 13.2. The molecule has 0 fully saturated rings. The number of amides is 3. The summed E-state index contributed by atoms with van der Waals surface area (Å²) in [5.41, 5.74) is 6.77. The van der Waals surface area contributed by atoms with Crippen molar-refractivity contribution in [3.63, 3.8) is 0 Å². The van der Waals surface area contributed by atoms with Crippen molar-refractivity contribution in [2.24, 2.45) is 5.73 Å². The number of rotatable bonds is 14. The Labute approximate surface area is 297 Å². The first-order chi connectivity index (χ1) is 23.7. The number of ether oxygens (including phenoxy) is 2. The molecule has 13 nitrogen and oxygen atoms in total. The number of carboxylic acids is 1. The summed E-state index contributed by atoms with van der Waals surface area (Å²) in [4.78, 5) is 50.4. The lowest BCUT2D eigenvalue weighted by Gasteiger charge is -2.25. The van der Waals surface area contributed by atoms with Crippen molar-refractivity contribution >= 4 is 45.3 Å².